The minimum atomic E-state index is -0.702. The first-order valence-electron chi connectivity index (χ1n) is 6.85. The molecule has 0 spiro atoms. The molecule has 2 heterocycles. The van der Waals surface area contributed by atoms with E-state index in [1.54, 1.807) is 6.92 Å². The number of nitrogens with zero attached hydrogens (tertiary/aromatic N) is 3. The van der Waals surface area contributed by atoms with E-state index in [1.165, 1.54) is 25.3 Å². The van der Waals surface area contributed by atoms with Crippen LogP contribution in [0.4, 0.5) is 4.39 Å². The molecule has 3 aromatic rings. The quantitative estimate of drug-likeness (QED) is 0.670. The average Bonchev–Trinajstić information content (AvgIpc) is 2.95. The third-order valence-electron chi connectivity index (χ3n) is 3.13. The number of hydrogen-bond acceptors (Lipinski definition) is 7. The monoisotopic (exact) mass is 349 g/mol. The summed E-state index contributed by atoms with van der Waals surface area (Å²) in [7, 11) is 1.33. The highest BCUT2D eigenvalue weighted by atomic mass is 32.1. The van der Waals surface area contributed by atoms with Gasteiger partial charge < -0.3 is 9.47 Å². The lowest BCUT2D eigenvalue weighted by Crippen LogP contribution is -2.14. The number of hydrogen-bond donors (Lipinski definition) is 0. The molecule has 2 aromatic heterocycles. The molecule has 3 rings (SSSR count). The molecule has 0 unspecified atom stereocenters. The largest absolute Gasteiger partial charge is 0.494 e. The number of aryl methyl sites for hydroxylation is 1. The maximum absolute atomic E-state index is 13.6. The summed E-state index contributed by atoms with van der Waals surface area (Å²) in [5.74, 6) is -1.32. The van der Waals surface area contributed by atoms with Crippen molar-refractivity contribution >= 4 is 22.3 Å². The van der Waals surface area contributed by atoms with Crippen molar-refractivity contribution in [2.24, 2.45) is 0 Å². The molecular weight excluding hydrogens is 337 g/mol. The summed E-state index contributed by atoms with van der Waals surface area (Å²) in [6, 6.07) is 5.14. The number of benzene rings is 1. The fraction of sp³-hybridized carbons (Fsp3) is 0.200. The van der Waals surface area contributed by atoms with Gasteiger partial charge in [0, 0.05) is 11.8 Å². The Hall–Kier alpha value is -2.81. The Morgan fingerprint density at radius 2 is 2.17 bits per heavy atom. The highest BCUT2D eigenvalue weighted by molar-refractivity contribution is 7.16. The summed E-state index contributed by atoms with van der Waals surface area (Å²) in [6.07, 6.45) is 0. The zero-order valence-corrected chi connectivity index (χ0v) is 13.6. The highest BCUT2D eigenvalue weighted by Gasteiger charge is 2.14. The van der Waals surface area contributed by atoms with Crippen molar-refractivity contribution in [3.63, 3.8) is 0 Å². The topological polar surface area (TPSA) is 82.8 Å². The zero-order valence-electron chi connectivity index (χ0n) is 12.8. The third kappa shape index (κ3) is 3.11. The predicted octanol–water partition coefficient (Wildman–Crippen LogP) is 1.96. The molecule has 0 fully saturated rings. The van der Waals surface area contributed by atoms with Gasteiger partial charge in [-0.1, -0.05) is 11.3 Å². The van der Waals surface area contributed by atoms with Crippen LogP contribution < -0.4 is 10.3 Å². The number of methoxy groups -OCH3 is 1. The Balaban J connectivity index is 1.76. The van der Waals surface area contributed by atoms with Gasteiger partial charge in [0.15, 0.2) is 16.6 Å². The van der Waals surface area contributed by atoms with E-state index in [9.17, 15) is 14.0 Å². The van der Waals surface area contributed by atoms with Crippen molar-refractivity contribution in [1.82, 2.24) is 14.6 Å². The lowest BCUT2D eigenvalue weighted by molar-refractivity contribution is 0.0471. The minimum Gasteiger partial charge on any atom is -0.494 e. The van der Waals surface area contributed by atoms with E-state index in [0.29, 0.717) is 15.7 Å². The van der Waals surface area contributed by atoms with Crippen molar-refractivity contribution in [3.05, 3.63) is 56.7 Å². The summed E-state index contributed by atoms with van der Waals surface area (Å²) in [5, 5.41) is 4.46. The van der Waals surface area contributed by atoms with E-state index in [1.807, 2.05) is 0 Å². The van der Waals surface area contributed by atoms with Gasteiger partial charge in [0.05, 0.1) is 12.7 Å². The van der Waals surface area contributed by atoms with Gasteiger partial charge in [-0.15, -0.1) is 0 Å². The van der Waals surface area contributed by atoms with Crippen molar-refractivity contribution < 1.29 is 18.7 Å². The number of halogens is 1. The van der Waals surface area contributed by atoms with E-state index in [0.717, 1.165) is 21.9 Å². The number of ether oxygens (including phenoxy) is 2. The van der Waals surface area contributed by atoms with E-state index >= 15 is 0 Å². The maximum Gasteiger partial charge on any atom is 0.338 e. The van der Waals surface area contributed by atoms with E-state index in [4.69, 9.17) is 9.47 Å². The van der Waals surface area contributed by atoms with Crippen LogP contribution in [0.3, 0.4) is 0 Å². The van der Waals surface area contributed by atoms with Crippen molar-refractivity contribution in [2.45, 2.75) is 13.5 Å². The van der Waals surface area contributed by atoms with Crippen LogP contribution in [0.1, 0.15) is 21.1 Å². The standard InChI is InChI=1S/C15H12FN3O4S/c1-8-5-13(20)19-15(17-8)24-12(18-19)7-23-14(21)9-3-4-11(22-2)10(16)6-9/h3-6H,7H2,1-2H3. The average molecular weight is 349 g/mol. The van der Waals surface area contributed by atoms with Gasteiger partial charge in [-0.05, 0) is 25.1 Å². The van der Waals surface area contributed by atoms with E-state index in [2.05, 4.69) is 10.1 Å². The molecule has 0 saturated heterocycles. The molecule has 24 heavy (non-hydrogen) atoms. The van der Waals surface area contributed by atoms with Crippen LogP contribution in [0, 0.1) is 12.7 Å². The SMILES string of the molecule is COc1ccc(C(=O)OCc2nn3c(=O)cc(C)nc3s2)cc1F. The maximum atomic E-state index is 13.6. The van der Waals surface area contributed by atoms with Gasteiger partial charge in [-0.25, -0.2) is 14.2 Å². The third-order valence-corrected chi connectivity index (χ3v) is 4.01. The normalized spacial score (nSPS) is 10.8. The molecule has 7 nitrogen and oxygen atoms in total. The van der Waals surface area contributed by atoms with Gasteiger partial charge in [-0.3, -0.25) is 4.79 Å². The Labute approximate surface area is 139 Å². The molecule has 0 aliphatic heterocycles. The van der Waals surface area contributed by atoms with Crippen LogP contribution >= 0.6 is 11.3 Å². The molecule has 0 radical (unpaired) electrons. The first-order chi connectivity index (χ1) is 11.5. The van der Waals surface area contributed by atoms with Gasteiger partial charge >= 0.3 is 5.97 Å². The van der Waals surface area contributed by atoms with Crippen LogP contribution in [0.15, 0.2) is 29.1 Å². The molecule has 0 saturated carbocycles. The Bertz CT molecular complexity index is 982. The molecule has 0 atom stereocenters. The summed E-state index contributed by atoms with van der Waals surface area (Å²) >= 11 is 1.14. The summed E-state index contributed by atoms with van der Waals surface area (Å²) in [4.78, 5) is 28.4. The Kier molecular flexibility index (Phi) is 4.26. The van der Waals surface area contributed by atoms with Crippen LogP contribution in [-0.4, -0.2) is 27.7 Å². The lowest BCUT2D eigenvalue weighted by atomic mass is 10.2. The predicted molar refractivity (Wildman–Crippen MR) is 83.9 cm³/mol. The minimum absolute atomic E-state index is 0.0403. The first kappa shape index (κ1) is 16.1. The number of rotatable bonds is 4. The van der Waals surface area contributed by atoms with Gasteiger partial charge in [0.2, 0.25) is 4.96 Å². The first-order valence-corrected chi connectivity index (χ1v) is 7.66. The number of esters is 1. The molecule has 0 amide bonds. The summed E-state index contributed by atoms with van der Waals surface area (Å²) in [5.41, 5.74) is 0.338. The van der Waals surface area contributed by atoms with Crippen LogP contribution in [0.2, 0.25) is 0 Å². The second-order valence-corrected chi connectivity index (χ2v) is 5.89. The fourth-order valence-corrected chi connectivity index (χ4v) is 2.88. The second kappa shape index (κ2) is 6.36. The van der Waals surface area contributed by atoms with Gasteiger partial charge in [-0.2, -0.15) is 9.61 Å². The number of carbonyl (C=O) groups excluding carboxylic acids is 1. The van der Waals surface area contributed by atoms with Crippen molar-refractivity contribution in [3.8, 4) is 5.75 Å². The fourth-order valence-electron chi connectivity index (χ4n) is 2.02. The summed E-state index contributed by atoms with van der Waals surface area (Å²) in [6.45, 7) is 1.57. The van der Waals surface area contributed by atoms with Gasteiger partial charge in [0.1, 0.15) is 6.61 Å². The number of aromatic nitrogens is 3. The molecule has 0 bridgehead atoms. The van der Waals surface area contributed by atoms with Crippen molar-refractivity contribution in [1.29, 1.82) is 0 Å². The lowest BCUT2D eigenvalue weighted by Gasteiger charge is -2.05. The van der Waals surface area contributed by atoms with E-state index < -0.39 is 11.8 Å². The zero-order chi connectivity index (χ0) is 17.3. The van der Waals surface area contributed by atoms with Crippen LogP contribution in [-0.2, 0) is 11.3 Å². The molecule has 9 heteroatoms. The molecule has 0 aliphatic rings. The number of fused-ring (bicyclic) bond motifs is 1. The van der Waals surface area contributed by atoms with Gasteiger partial charge in [0.25, 0.3) is 5.56 Å². The number of carbonyl (C=O) groups is 1. The smallest absolute Gasteiger partial charge is 0.338 e. The molecule has 0 aliphatic carbocycles. The van der Waals surface area contributed by atoms with Crippen LogP contribution in [0.25, 0.3) is 4.96 Å². The molecule has 1 aromatic carbocycles. The summed E-state index contributed by atoms with van der Waals surface area (Å²) < 4.78 is 24.6. The molecule has 124 valence electrons. The Morgan fingerprint density at radius 1 is 1.38 bits per heavy atom. The Morgan fingerprint density at radius 3 is 2.88 bits per heavy atom. The highest BCUT2D eigenvalue weighted by Crippen LogP contribution is 2.19. The van der Waals surface area contributed by atoms with Crippen molar-refractivity contribution in [2.75, 3.05) is 7.11 Å². The van der Waals surface area contributed by atoms with Crippen LogP contribution in [0.5, 0.6) is 5.75 Å². The molecule has 0 N–H and O–H groups in total. The second-order valence-electron chi connectivity index (χ2n) is 4.85. The van der Waals surface area contributed by atoms with E-state index in [-0.39, 0.29) is 23.5 Å². The molecular formula is C15H12FN3O4S.